The van der Waals surface area contributed by atoms with Gasteiger partial charge in [0.1, 0.15) is 0 Å². The Morgan fingerprint density at radius 3 is 2.47 bits per heavy atom. The van der Waals surface area contributed by atoms with E-state index in [1.807, 2.05) is 0 Å². The number of rotatable bonds is 5. The summed E-state index contributed by atoms with van der Waals surface area (Å²) >= 11 is 0. The van der Waals surface area contributed by atoms with E-state index in [4.69, 9.17) is 4.74 Å². The highest BCUT2D eigenvalue weighted by atomic mass is 16.5. The molecule has 0 unspecified atom stereocenters. The number of ether oxygens (including phenoxy) is 1. The van der Waals surface area contributed by atoms with E-state index in [1.54, 1.807) is 0 Å². The summed E-state index contributed by atoms with van der Waals surface area (Å²) in [5.41, 5.74) is 1.31. The van der Waals surface area contributed by atoms with Crippen LogP contribution in [0.3, 0.4) is 0 Å². The molecule has 0 aliphatic heterocycles. The van der Waals surface area contributed by atoms with Crippen molar-refractivity contribution in [3.8, 4) is 0 Å². The SMILES string of the molecule is C=C(CNC(C)(C)C)COC1CCCC1. The third-order valence-electron chi connectivity index (χ3n) is 2.69. The molecule has 1 rings (SSSR count). The van der Waals surface area contributed by atoms with E-state index in [2.05, 4.69) is 32.7 Å². The van der Waals surface area contributed by atoms with Crippen LogP contribution >= 0.6 is 0 Å². The van der Waals surface area contributed by atoms with E-state index in [-0.39, 0.29) is 5.54 Å². The minimum Gasteiger partial charge on any atom is -0.374 e. The maximum absolute atomic E-state index is 5.79. The highest BCUT2D eigenvalue weighted by molar-refractivity contribution is 4.98. The Balaban J connectivity index is 2.08. The van der Waals surface area contributed by atoms with Crippen molar-refractivity contribution in [2.75, 3.05) is 13.2 Å². The van der Waals surface area contributed by atoms with E-state index in [0.717, 1.165) is 12.1 Å². The first-order valence-corrected chi connectivity index (χ1v) is 6.01. The first kappa shape index (κ1) is 12.7. The zero-order valence-electron chi connectivity index (χ0n) is 10.4. The molecule has 88 valence electrons. The predicted molar refractivity (Wildman–Crippen MR) is 65.1 cm³/mol. The highest BCUT2D eigenvalue weighted by Crippen LogP contribution is 2.21. The van der Waals surface area contributed by atoms with Crippen LogP contribution in [0, 0.1) is 0 Å². The molecule has 0 heterocycles. The molecule has 1 aliphatic carbocycles. The molecule has 0 amide bonds. The molecule has 0 radical (unpaired) electrons. The van der Waals surface area contributed by atoms with Crippen molar-refractivity contribution in [1.29, 1.82) is 0 Å². The molecule has 15 heavy (non-hydrogen) atoms. The van der Waals surface area contributed by atoms with E-state index < -0.39 is 0 Å². The van der Waals surface area contributed by atoms with Crippen molar-refractivity contribution in [1.82, 2.24) is 5.32 Å². The summed E-state index contributed by atoms with van der Waals surface area (Å²) < 4.78 is 5.79. The molecule has 2 nitrogen and oxygen atoms in total. The quantitative estimate of drug-likeness (QED) is 0.706. The van der Waals surface area contributed by atoms with Gasteiger partial charge in [-0.3, -0.25) is 0 Å². The predicted octanol–water partition coefficient (Wildman–Crippen LogP) is 2.89. The molecule has 1 N–H and O–H groups in total. The maximum Gasteiger partial charge on any atom is 0.0690 e. The van der Waals surface area contributed by atoms with Crippen LogP contribution < -0.4 is 5.32 Å². The zero-order valence-corrected chi connectivity index (χ0v) is 10.4. The first-order chi connectivity index (χ1) is 6.97. The topological polar surface area (TPSA) is 21.3 Å². The van der Waals surface area contributed by atoms with Crippen LogP contribution in [0.4, 0.5) is 0 Å². The van der Waals surface area contributed by atoms with Crippen LogP contribution in [0.15, 0.2) is 12.2 Å². The Bertz CT molecular complexity index is 199. The minimum atomic E-state index is 0.163. The lowest BCUT2D eigenvalue weighted by molar-refractivity contribution is 0.0742. The van der Waals surface area contributed by atoms with Gasteiger partial charge in [0.25, 0.3) is 0 Å². The molecule has 0 aromatic carbocycles. The van der Waals surface area contributed by atoms with Gasteiger partial charge in [0, 0.05) is 12.1 Å². The fourth-order valence-corrected chi connectivity index (χ4v) is 1.73. The normalized spacial score (nSPS) is 18.3. The number of hydrogen-bond donors (Lipinski definition) is 1. The fraction of sp³-hybridized carbons (Fsp3) is 0.846. The molecule has 2 heteroatoms. The molecule has 0 saturated heterocycles. The van der Waals surface area contributed by atoms with Crippen LogP contribution in [0.1, 0.15) is 46.5 Å². The van der Waals surface area contributed by atoms with Crippen molar-refractivity contribution in [2.45, 2.75) is 58.1 Å². The molecule has 0 aromatic rings. The third kappa shape index (κ3) is 5.95. The first-order valence-electron chi connectivity index (χ1n) is 6.01. The van der Waals surface area contributed by atoms with Gasteiger partial charge < -0.3 is 10.1 Å². The van der Waals surface area contributed by atoms with Crippen molar-refractivity contribution in [3.63, 3.8) is 0 Å². The van der Waals surface area contributed by atoms with Crippen LogP contribution in [0.25, 0.3) is 0 Å². The minimum absolute atomic E-state index is 0.163. The average Bonchev–Trinajstić information content (AvgIpc) is 2.62. The lowest BCUT2D eigenvalue weighted by atomic mass is 10.1. The summed E-state index contributed by atoms with van der Waals surface area (Å²) in [6.07, 6.45) is 5.63. The maximum atomic E-state index is 5.79. The van der Waals surface area contributed by atoms with Gasteiger partial charge in [-0.2, -0.15) is 0 Å². The van der Waals surface area contributed by atoms with Crippen LogP contribution in [-0.2, 0) is 4.74 Å². The van der Waals surface area contributed by atoms with Gasteiger partial charge >= 0.3 is 0 Å². The molecule has 1 fully saturated rings. The van der Waals surface area contributed by atoms with Crippen molar-refractivity contribution >= 4 is 0 Å². The second-order valence-electron chi connectivity index (χ2n) is 5.57. The summed E-state index contributed by atoms with van der Waals surface area (Å²) in [6.45, 7) is 12.1. The Hall–Kier alpha value is -0.340. The molecule has 0 atom stereocenters. The lowest BCUT2D eigenvalue weighted by Gasteiger charge is -2.22. The Morgan fingerprint density at radius 2 is 1.93 bits per heavy atom. The van der Waals surface area contributed by atoms with Crippen LogP contribution in [0.5, 0.6) is 0 Å². The number of nitrogens with one attached hydrogen (secondary N) is 1. The van der Waals surface area contributed by atoms with Gasteiger partial charge in [-0.1, -0.05) is 19.4 Å². The fourth-order valence-electron chi connectivity index (χ4n) is 1.73. The standard InChI is InChI=1S/C13H25NO/c1-11(9-14-13(2,3)4)10-15-12-7-5-6-8-12/h12,14H,1,5-10H2,2-4H3. The zero-order chi connectivity index (χ0) is 11.3. The number of hydrogen-bond acceptors (Lipinski definition) is 2. The van der Waals surface area contributed by atoms with Gasteiger partial charge in [0.05, 0.1) is 12.7 Å². The van der Waals surface area contributed by atoms with E-state index in [1.165, 1.54) is 25.7 Å². The molecular formula is C13H25NO. The van der Waals surface area contributed by atoms with Crippen molar-refractivity contribution in [2.24, 2.45) is 0 Å². The lowest BCUT2D eigenvalue weighted by Crippen LogP contribution is -2.37. The molecule has 0 spiro atoms. The summed E-state index contributed by atoms with van der Waals surface area (Å²) in [4.78, 5) is 0. The summed E-state index contributed by atoms with van der Waals surface area (Å²) in [6, 6.07) is 0. The second-order valence-corrected chi connectivity index (χ2v) is 5.57. The van der Waals surface area contributed by atoms with Gasteiger partial charge in [0.15, 0.2) is 0 Å². The third-order valence-corrected chi connectivity index (χ3v) is 2.69. The average molecular weight is 211 g/mol. The Kier molecular flexibility index (Phi) is 4.81. The molecule has 0 aromatic heterocycles. The van der Waals surface area contributed by atoms with E-state index >= 15 is 0 Å². The van der Waals surface area contributed by atoms with Gasteiger partial charge in [-0.15, -0.1) is 0 Å². The van der Waals surface area contributed by atoms with Gasteiger partial charge in [-0.05, 0) is 39.2 Å². The molecule has 0 bridgehead atoms. The molecule has 1 aliphatic rings. The van der Waals surface area contributed by atoms with Crippen LogP contribution in [0.2, 0.25) is 0 Å². The van der Waals surface area contributed by atoms with E-state index in [0.29, 0.717) is 12.7 Å². The Morgan fingerprint density at radius 1 is 1.33 bits per heavy atom. The largest absolute Gasteiger partial charge is 0.374 e. The molecule has 1 saturated carbocycles. The summed E-state index contributed by atoms with van der Waals surface area (Å²) in [7, 11) is 0. The van der Waals surface area contributed by atoms with Gasteiger partial charge in [-0.25, -0.2) is 0 Å². The monoisotopic (exact) mass is 211 g/mol. The highest BCUT2D eigenvalue weighted by Gasteiger charge is 2.15. The van der Waals surface area contributed by atoms with Crippen molar-refractivity contribution in [3.05, 3.63) is 12.2 Å². The summed E-state index contributed by atoms with van der Waals surface area (Å²) in [5, 5.41) is 3.42. The van der Waals surface area contributed by atoms with Gasteiger partial charge in [0.2, 0.25) is 0 Å². The second kappa shape index (κ2) is 5.66. The smallest absolute Gasteiger partial charge is 0.0690 e. The van der Waals surface area contributed by atoms with E-state index in [9.17, 15) is 0 Å². The van der Waals surface area contributed by atoms with Crippen LogP contribution in [-0.4, -0.2) is 24.8 Å². The summed E-state index contributed by atoms with van der Waals surface area (Å²) in [5.74, 6) is 0. The van der Waals surface area contributed by atoms with Crippen molar-refractivity contribution < 1.29 is 4.74 Å². The molecular weight excluding hydrogens is 186 g/mol. The Labute approximate surface area is 94.1 Å².